The van der Waals surface area contributed by atoms with E-state index >= 15 is 0 Å². The molecular formula is C14H11BrFN3OS. The van der Waals surface area contributed by atoms with E-state index in [0.29, 0.717) is 16.2 Å². The van der Waals surface area contributed by atoms with Gasteiger partial charge in [0.15, 0.2) is 11.0 Å². The van der Waals surface area contributed by atoms with Gasteiger partial charge in [0.1, 0.15) is 10.8 Å². The van der Waals surface area contributed by atoms with Crippen LogP contribution in [0.3, 0.4) is 0 Å². The second-order valence-corrected chi connectivity index (χ2v) is 6.09. The lowest BCUT2D eigenvalue weighted by Gasteiger charge is -2.00. The molecule has 0 aliphatic heterocycles. The molecule has 2 aromatic heterocycles. The molecule has 1 aromatic carbocycles. The third-order valence-corrected chi connectivity index (χ3v) is 4.02. The molecule has 2 heterocycles. The summed E-state index contributed by atoms with van der Waals surface area (Å²) in [5, 5.41) is 0.870. The SMILES string of the molecule is CCOc1ccc2nc(Sc3ncc(Br)cc3F)[nH]c2c1. The standard InChI is InChI=1S/C14H11BrFN3OS/c1-2-20-9-3-4-11-12(6-9)19-14(18-11)21-13-10(16)5-8(15)7-17-13/h3-7H,2H2,1H3,(H,18,19). The Balaban J connectivity index is 1.90. The Bertz CT molecular complexity index is 793. The molecule has 0 spiro atoms. The minimum absolute atomic E-state index is 0.280. The number of H-pyrrole nitrogens is 1. The van der Waals surface area contributed by atoms with Gasteiger partial charge in [-0.2, -0.15) is 0 Å². The van der Waals surface area contributed by atoms with Crippen LogP contribution in [0.1, 0.15) is 6.92 Å². The molecule has 7 heteroatoms. The topological polar surface area (TPSA) is 50.8 Å². The van der Waals surface area contributed by atoms with Crippen LogP contribution < -0.4 is 4.74 Å². The number of nitrogens with one attached hydrogen (secondary N) is 1. The summed E-state index contributed by atoms with van der Waals surface area (Å²) in [5.41, 5.74) is 1.65. The summed E-state index contributed by atoms with van der Waals surface area (Å²) in [6.07, 6.45) is 1.56. The molecule has 0 amide bonds. The molecule has 0 unspecified atom stereocenters. The maximum absolute atomic E-state index is 13.8. The van der Waals surface area contributed by atoms with Crippen molar-refractivity contribution in [2.24, 2.45) is 0 Å². The first-order chi connectivity index (χ1) is 10.2. The first-order valence-electron chi connectivity index (χ1n) is 6.27. The van der Waals surface area contributed by atoms with Crippen molar-refractivity contribution in [3.05, 3.63) is 40.8 Å². The fourth-order valence-corrected chi connectivity index (χ4v) is 2.89. The fraction of sp³-hybridized carbons (Fsp3) is 0.143. The van der Waals surface area contributed by atoms with Gasteiger partial charge in [-0.25, -0.2) is 14.4 Å². The van der Waals surface area contributed by atoms with E-state index in [-0.39, 0.29) is 10.8 Å². The number of hydrogen-bond acceptors (Lipinski definition) is 4. The van der Waals surface area contributed by atoms with Gasteiger partial charge in [-0.05, 0) is 52.8 Å². The number of nitrogens with zero attached hydrogens (tertiary/aromatic N) is 2. The van der Waals surface area contributed by atoms with Crippen LogP contribution in [0.15, 0.2) is 45.1 Å². The van der Waals surface area contributed by atoms with Gasteiger partial charge in [0.05, 0.1) is 17.6 Å². The third-order valence-electron chi connectivity index (χ3n) is 2.71. The monoisotopic (exact) mass is 367 g/mol. The number of halogens is 2. The lowest BCUT2D eigenvalue weighted by Crippen LogP contribution is -1.90. The van der Waals surface area contributed by atoms with E-state index in [1.54, 1.807) is 6.20 Å². The van der Waals surface area contributed by atoms with Crippen molar-refractivity contribution < 1.29 is 9.13 Å². The third kappa shape index (κ3) is 3.19. The minimum Gasteiger partial charge on any atom is -0.494 e. The quantitative estimate of drug-likeness (QED) is 0.741. The molecule has 0 fully saturated rings. The van der Waals surface area contributed by atoms with Crippen LogP contribution in [0.25, 0.3) is 11.0 Å². The van der Waals surface area contributed by atoms with Gasteiger partial charge in [0, 0.05) is 16.7 Å². The van der Waals surface area contributed by atoms with Crippen LogP contribution in [0.5, 0.6) is 5.75 Å². The lowest BCUT2D eigenvalue weighted by atomic mass is 10.3. The van der Waals surface area contributed by atoms with Gasteiger partial charge in [-0.1, -0.05) is 0 Å². The Morgan fingerprint density at radius 1 is 1.38 bits per heavy atom. The maximum Gasteiger partial charge on any atom is 0.172 e. The number of ether oxygens (including phenoxy) is 1. The first kappa shape index (κ1) is 14.3. The van der Waals surface area contributed by atoms with Crippen molar-refractivity contribution in [2.75, 3.05) is 6.61 Å². The second kappa shape index (κ2) is 6.03. The van der Waals surface area contributed by atoms with E-state index in [2.05, 4.69) is 30.9 Å². The summed E-state index contributed by atoms with van der Waals surface area (Å²) in [6.45, 7) is 2.54. The van der Waals surface area contributed by atoms with Gasteiger partial charge in [0.25, 0.3) is 0 Å². The molecule has 0 radical (unpaired) electrons. The van der Waals surface area contributed by atoms with Crippen molar-refractivity contribution in [3.8, 4) is 5.75 Å². The van der Waals surface area contributed by atoms with E-state index in [9.17, 15) is 4.39 Å². The molecule has 108 valence electrons. The molecule has 3 aromatic rings. The van der Waals surface area contributed by atoms with E-state index in [0.717, 1.165) is 28.5 Å². The number of fused-ring (bicyclic) bond motifs is 1. The number of aromatic nitrogens is 3. The number of benzene rings is 1. The fourth-order valence-electron chi connectivity index (χ4n) is 1.84. The summed E-state index contributed by atoms with van der Waals surface area (Å²) < 4.78 is 19.8. The number of rotatable bonds is 4. The summed E-state index contributed by atoms with van der Waals surface area (Å²) in [7, 11) is 0. The zero-order valence-electron chi connectivity index (χ0n) is 11.1. The highest BCUT2D eigenvalue weighted by Gasteiger charge is 2.10. The minimum atomic E-state index is -0.384. The molecule has 0 bridgehead atoms. The van der Waals surface area contributed by atoms with Crippen molar-refractivity contribution >= 4 is 38.7 Å². The normalized spacial score (nSPS) is 11.0. The van der Waals surface area contributed by atoms with E-state index in [1.165, 1.54) is 6.07 Å². The van der Waals surface area contributed by atoms with Crippen LogP contribution in [-0.2, 0) is 0 Å². The molecule has 21 heavy (non-hydrogen) atoms. The van der Waals surface area contributed by atoms with Crippen LogP contribution in [0.4, 0.5) is 4.39 Å². The molecule has 3 rings (SSSR count). The molecule has 0 saturated heterocycles. The average Bonchev–Trinajstić information content (AvgIpc) is 2.84. The van der Waals surface area contributed by atoms with Crippen LogP contribution in [-0.4, -0.2) is 21.6 Å². The average molecular weight is 368 g/mol. The molecule has 1 N–H and O–H groups in total. The predicted octanol–water partition coefficient (Wildman–Crippen LogP) is 4.41. The molecule has 0 aliphatic carbocycles. The van der Waals surface area contributed by atoms with Crippen LogP contribution in [0.2, 0.25) is 0 Å². The highest BCUT2D eigenvalue weighted by atomic mass is 79.9. The predicted molar refractivity (Wildman–Crippen MR) is 83.3 cm³/mol. The van der Waals surface area contributed by atoms with Gasteiger partial charge in [-0.3, -0.25) is 0 Å². The second-order valence-electron chi connectivity index (χ2n) is 4.20. The summed E-state index contributed by atoms with van der Waals surface area (Å²) in [6, 6.07) is 6.98. The summed E-state index contributed by atoms with van der Waals surface area (Å²) >= 11 is 4.34. The van der Waals surface area contributed by atoms with Crippen LogP contribution >= 0.6 is 27.7 Å². The Morgan fingerprint density at radius 2 is 2.24 bits per heavy atom. The highest BCUT2D eigenvalue weighted by molar-refractivity contribution is 9.10. The van der Waals surface area contributed by atoms with Gasteiger partial charge < -0.3 is 9.72 Å². The van der Waals surface area contributed by atoms with Crippen molar-refractivity contribution in [3.63, 3.8) is 0 Å². The number of pyridine rings is 1. The smallest absolute Gasteiger partial charge is 0.172 e. The van der Waals surface area contributed by atoms with Crippen molar-refractivity contribution in [1.82, 2.24) is 15.0 Å². The van der Waals surface area contributed by atoms with E-state index in [1.807, 2.05) is 25.1 Å². The molecule has 0 aliphatic rings. The Morgan fingerprint density at radius 3 is 3.00 bits per heavy atom. The van der Waals surface area contributed by atoms with Crippen molar-refractivity contribution in [1.29, 1.82) is 0 Å². The van der Waals surface area contributed by atoms with Crippen molar-refractivity contribution in [2.45, 2.75) is 17.1 Å². The number of aromatic amines is 1. The highest BCUT2D eigenvalue weighted by Crippen LogP contribution is 2.29. The summed E-state index contributed by atoms with van der Waals surface area (Å²) in [4.78, 5) is 11.6. The number of hydrogen-bond donors (Lipinski definition) is 1. The molecule has 0 saturated carbocycles. The Hall–Kier alpha value is -1.60. The molecular weight excluding hydrogens is 357 g/mol. The lowest BCUT2D eigenvalue weighted by molar-refractivity contribution is 0.340. The van der Waals surface area contributed by atoms with Gasteiger partial charge in [0.2, 0.25) is 0 Å². The Labute approximate surface area is 133 Å². The molecule has 4 nitrogen and oxygen atoms in total. The largest absolute Gasteiger partial charge is 0.494 e. The van der Waals surface area contributed by atoms with E-state index in [4.69, 9.17) is 4.74 Å². The molecule has 0 atom stereocenters. The Kier molecular flexibility index (Phi) is 4.12. The number of imidazole rings is 1. The zero-order chi connectivity index (χ0) is 14.8. The van der Waals surface area contributed by atoms with E-state index < -0.39 is 0 Å². The van der Waals surface area contributed by atoms with Gasteiger partial charge in [-0.15, -0.1) is 0 Å². The summed E-state index contributed by atoms with van der Waals surface area (Å²) in [5.74, 6) is 0.392. The zero-order valence-corrected chi connectivity index (χ0v) is 13.5. The van der Waals surface area contributed by atoms with Gasteiger partial charge >= 0.3 is 0 Å². The van der Waals surface area contributed by atoms with Crippen LogP contribution in [0, 0.1) is 5.82 Å². The maximum atomic E-state index is 13.8. The first-order valence-corrected chi connectivity index (χ1v) is 7.88.